The normalized spacial score (nSPS) is 16.7. The fraction of sp³-hybridized carbons (Fsp3) is 0.308. The van der Waals surface area contributed by atoms with Crippen LogP contribution in [0.2, 0.25) is 5.11 Å². The zero-order valence-electron chi connectivity index (χ0n) is 13.5. The summed E-state index contributed by atoms with van der Waals surface area (Å²) in [6.07, 6.45) is -2.81. The van der Waals surface area contributed by atoms with E-state index >= 15 is 0 Å². The summed E-state index contributed by atoms with van der Waals surface area (Å²) in [6, 6.07) is 4.86. The molecule has 0 fully saturated rings. The molecule has 1 N–H and O–H groups in total. The Morgan fingerprint density at radius 2 is 2.12 bits per heavy atom. The van der Waals surface area contributed by atoms with Gasteiger partial charge in [0, 0.05) is 11.1 Å². The number of hydrogen-bond acceptors (Lipinski definition) is 5. The van der Waals surface area contributed by atoms with E-state index in [1.807, 2.05) is 23.5 Å². The van der Waals surface area contributed by atoms with Gasteiger partial charge >= 0.3 is 6.43 Å². The standard InChI is InChI=1S/C13H14B3F2N3O3/c14-13(15,16)12(22)19-7-4-23-8-3-5(1-2-6(7)8)10-20-11(9(17)18)24-21-10/h1-3,7,9H,4,14-16H2,(H,19,22)/t7-/m1/s1. The highest BCUT2D eigenvalue weighted by Crippen LogP contribution is 2.36. The van der Waals surface area contributed by atoms with Crippen LogP contribution in [0.1, 0.15) is 23.9 Å². The number of carbonyl (C=O) groups is 1. The van der Waals surface area contributed by atoms with Gasteiger partial charge in [-0.15, -0.1) is 0 Å². The van der Waals surface area contributed by atoms with E-state index < -0.39 is 17.4 Å². The van der Waals surface area contributed by atoms with Gasteiger partial charge in [0.1, 0.15) is 35.9 Å². The molecule has 0 bridgehead atoms. The van der Waals surface area contributed by atoms with Crippen LogP contribution in [0.15, 0.2) is 22.7 Å². The van der Waals surface area contributed by atoms with Crippen molar-refractivity contribution in [3.63, 3.8) is 0 Å². The first kappa shape index (κ1) is 16.5. The number of fused-ring (bicyclic) bond motifs is 1. The van der Waals surface area contributed by atoms with Crippen molar-refractivity contribution in [2.24, 2.45) is 0 Å². The van der Waals surface area contributed by atoms with Crippen molar-refractivity contribution >= 4 is 29.4 Å². The fourth-order valence-corrected chi connectivity index (χ4v) is 2.28. The van der Waals surface area contributed by atoms with Crippen molar-refractivity contribution in [1.82, 2.24) is 15.5 Å². The predicted molar refractivity (Wildman–Crippen MR) is 89.4 cm³/mol. The number of ether oxygens (including phenoxy) is 1. The minimum Gasteiger partial charge on any atom is -0.491 e. The average Bonchev–Trinajstić information content (AvgIpc) is 3.13. The Morgan fingerprint density at radius 3 is 2.75 bits per heavy atom. The first-order valence-corrected chi connectivity index (χ1v) is 7.45. The maximum absolute atomic E-state index is 12.5. The molecule has 1 amide bonds. The Kier molecular flexibility index (Phi) is 4.10. The number of nitrogens with one attached hydrogen (secondary N) is 1. The molecule has 1 atom stereocenters. The van der Waals surface area contributed by atoms with Crippen molar-refractivity contribution in [2.75, 3.05) is 6.61 Å². The molecular formula is C13H14B3F2N3O3. The molecule has 1 aliphatic heterocycles. The highest BCUT2D eigenvalue weighted by Gasteiger charge is 2.30. The van der Waals surface area contributed by atoms with Crippen molar-refractivity contribution in [2.45, 2.75) is 17.6 Å². The van der Waals surface area contributed by atoms with E-state index in [9.17, 15) is 13.6 Å². The van der Waals surface area contributed by atoms with Gasteiger partial charge in [-0.25, -0.2) is 0 Å². The lowest BCUT2D eigenvalue weighted by Crippen LogP contribution is -2.39. The van der Waals surface area contributed by atoms with Gasteiger partial charge in [0.25, 0.3) is 5.89 Å². The SMILES string of the molecule is BC(B)(B)C(=O)N[C@@H]1COc2cc(-c3noc(C(F)F)n3)ccc21. The Labute approximate surface area is 139 Å². The van der Waals surface area contributed by atoms with E-state index in [4.69, 9.17) is 4.74 Å². The summed E-state index contributed by atoms with van der Waals surface area (Å²) < 4.78 is 35.1. The van der Waals surface area contributed by atoms with Crippen LogP contribution in [0, 0.1) is 0 Å². The Bertz CT molecular complexity index is 779. The lowest BCUT2D eigenvalue weighted by Gasteiger charge is -2.21. The number of amides is 1. The van der Waals surface area contributed by atoms with Crippen LogP contribution in [0.5, 0.6) is 5.75 Å². The molecule has 0 radical (unpaired) electrons. The molecule has 0 spiro atoms. The zero-order chi connectivity index (χ0) is 17.5. The van der Waals surface area contributed by atoms with Crippen LogP contribution >= 0.6 is 0 Å². The molecule has 0 unspecified atom stereocenters. The van der Waals surface area contributed by atoms with Crippen LogP contribution in [0.25, 0.3) is 11.4 Å². The number of alkyl halides is 2. The third kappa shape index (κ3) is 3.15. The molecule has 6 nitrogen and oxygen atoms in total. The van der Waals surface area contributed by atoms with Crippen molar-refractivity contribution < 1.29 is 22.8 Å². The van der Waals surface area contributed by atoms with Gasteiger partial charge in [0.2, 0.25) is 11.7 Å². The lowest BCUT2D eigenvalue weighted by atomic mass is 9.42. The monoisotopic (exact) mass is 331 g/mol. The van der Waals surface area contributed by atoms with E-state index in [2.05, 4.69) is 20.0 Å². The second-order valence-electron chi connectivity index (χ2n) is 6.60. The molecule has 11 heteroatoms. The van der Waals surface area contributed by atoms with Crippen molar-refractivity contribution in [1.29, 1.82) is 0 Å². The van der Waals surface area contributed by atoms with E-state index in [1.54, 1.807) is 18.2 Å². The number of benzene rings is 1. The second kappa shape index (κ2) is 5.96. The van der Waals surface area contributed by atoms with Crippen LogP contribution in [-0.4, -0.2) is 46.2 Å². The summed E-state index contributed by atoms with van der Waals surface area (Å²) in [5, 5.41) is 5.98. The quantitative estimate of drug-likeness (QED) is 0.743. The Balaban J connectivity index is 1.81. The topological polar surface area (TPSA) is 77.2 Å². The molecule has 0 saturated heterocycles. The van der Waals surface area contributed by atoms with Crippen LogP contribution < -0.4 is 10.1 Å². The number of aromatic nitrogens is 2. The van der Waals surface area contributed by atoms with Crippen LogP contribution in [-0.2, 0) is 4.79 Å². The minimum absolute atomic E-state index is 0.0684. The van der Waals surface area contributed by atoms with Crippen molar-refractivity contribution in [3.8, 4) is 17.1 Å². The average molecular weight is 331 g/mol. The van der Waals surface area contributed by atoms with Gasteiger partial charge < -0.3 is 14.6 Å². The van der Waals surface area contributed by atoms with Gasteiger partial charge in [0.15, 0.2) is 0 Å². The van der Waals surface area contributed by atoms with E-state index in [1.165, 1.54) is 0 Å². The zero-order valence-corrected chi connectivity index (χ0v) is 13.5. The number of carbonyl (C=O) groups excluding carboxylic acids is 1. The van der Waals surface area contributed by atoms with E-state index in [-0.39, 0.29) is 17.8 Å². The maximum atomic E-state index is 12.5. The molecule has 2 aromatic rings. The predicted octanol–water partition coefficient (Wildman–Crippen LogP) is -0.803. The maximum Gasteiger partial charge on any atom is 0.315 e. The molecule has 122 valence electrons. The van der Waals surface area contributed by atoms with Gasteiger partial charge in [-0.3, -0.25) is 4.79 Å². The summed E-state index contributed by atoms with van der Waals surface area (Å²) in [4.78, 5) is 15.8. The number of halogens is 2. The highest BCUT2D eigenvalue weighted by molar-refractivity contribution is 6.68. The van der Waals surface area contributed by atoms with E-state index in [0.717, 1.165) is 5.56 Å². The molecule has 0 aliphatic carbocycles. The summed E-state index contributed by atoms with van der Waals surface area (Å²) in [7, 11) is 5.50. The molecule has 3 rings (SSSR count). The first-order valence-electron chi connectivity index (χ1n) is 7.45. The molecule has 1 aromatic heterocycles. The molecule has 1 aliphatic rings. The van der Waals surface area contributed by atoms with Crippen LogP contribution in [0.3, 0.4) is 0 Å². The largest absolute Gasteiger partial charge is 0.491 e. The number of rotatable bonds is 4. The van der Waals surface area contributed by atoms with Gasteiger partial charge in [-0.1, -0.05) is 17.3 Å². The molecular weight excluding hydrogens is 317 g/mol. The van der Waals surface area contributed by atoms with Crippen molar-refractivity contribution in [3.05, 3.63) is 29.7 Å². The minimum atomic E-state index is -2.81. The molecule has 24 heavy (non-hydrogen) atoms. The Morgan fingerprint density at radius 1 is 1.38 bits per heavy atom. The second-order valence-corrected chi connectivity index (χ2v) is 6.60. The third-order valence-corrected chi connectivity index (χ3v) is 3.67. The fourth-order valence-electron chi connectivity index (χ4n) is 2.28. The smallest absolute Gasteiger partial charge is 0.315 e. The van der Waals surface area contributed by atoms with Gasteiger partial charge in [0.05, 0.1) is 6.04 Å². The van der Waals surface area contributed by atoms with Gasteiger partial charge in [-0.2, -0.15) is 13.8 Å². The molecule has 0 saturated carbocycles. The first-order chi connectivity index (χ1) is 11.3. The molecule has 1 aromatic carbocycles. The summed E-state index contributed by atoms with van der Waals surface area (Å²) in [5.74, 6) is -0.163. The van der Waals surface area contributed by atoms with Crippen LogP contribution in [0.4, 0.5) is 8.78 Å². The summed E-state index contributed by atoms with van der Waals surface area (Å²) >= 11 is 0. The number of hydrogen-bond donors (Lipinski definition) is 1. The Hall–Kier alpha value is -2.32. The lowest BCUT2D eigenvalue weighted by molar-refractivity contribution is -0.121. The number of nitrogens with zero attached hydrogens (tertiary/aromatic N) is 2. The van der Waals surface area contributed by atoms with Gasteiger partial charge in [-0.05, 0) is 11.2 Å². The highest BCUT2D eigenvalue weighted by atomic mass is 19.3. The summed E-state index contributed by atoms with van der Waals surface area (Å²) in [5.41, 5.74) is 1.33. The third-order valence-electron chi connectivity index (χ3n) is 3.67. The summed E-state index contributed by atoms with van der Waals surface area (Å²) in [6.45, 7) is 0.315. The van der Waals surface area contributed by atoms with E-state index in [0.29, 0.717) is 17.9 Å². The molecule has 2 heterocycles.